The van der Waals surface area contributed by atoms with E-state index in [4.69, 9.17) is 0 Å². The number of nitrogens with one attached hydrogen (secondary N) is 1. The third-order valence-corrected chi connectivity index (χ3v) is 2.19. The lowest BCUT2D eigenvalue weighted by Crippen LogP contribution is -2.59. The first-order valence-electron chi connectivity index (χ1n) is 4.13. The first-order valence-corrected chi connectivity index (χ1v) is 4.51. The topological polar surface area (TPSA) is 29.1 Å². The number of amides is 1. The van der Waals surface area contributed by atoms with E-state index in [0.29, 0.717) is 12.8 Å². The summed E-state index contributed by atoms with van der Waals surface area (Å²) in [4.78, 5) is 10.7. The van der Waals surface area contributed by atoms with Gasteiger partial charge in [-0.2, -0.15) is 26.3 Å². The monoisotopic (exact) mass is 269 g/mol. The van der Waals surface area contributed by atoms with Gasteiger partial charge >= 0.3 is 17.2 Å². The van der Waals surface area contributed by atoms with Crippen molar-refractivity contribution in [2.45, 2.75) is 36.1 Å². The average molecular weight is 270 g/mol. The van der Waals surface area contributed by atoms with Gasteiger partial charge in [-0.05, 0) is 24.4 Å². The molecule has 0 heterocycles. The van der Waals surface area contributed by atoms with Crippen molar-refractivity contribution in [2.24, 2.45) is 0 Å². The van der Waals surface area contributed by atoms with E-state index < -0.39 is 29.2 Å². The Bertz CT molecular complexity index is 298. The Morgan fingerprint density at radius 3 is 1.88 bits per heavy atom. The van der Waals surface area contributed by atoms with Crippen LogP contribution in [0, 0.1) is 0 Å². The maximum atomic E-state index is 12.8. The first kappa shape index (κ1) is 13.4. The van der Waals surface area contributed by atoms with Crippen LogP contribution in [0.3, 0.4) is 0 Å². The Hall–Kier alpha value is -0.660. The maximum absolute atomic E-state index is 12.8. The van der Waals surface area contributed by atoms with Crippen LogP contribution in [0.5, 0.6) is 0 Å². The minimum absolute atomic E-state index is 0.352. The van der Waals surface area contributed by atoms with Crippen molar-refractivity contribution in [1.82, 2.24) is 5.32 Å². The van der Waals surface area contributed by atoms with Crippen molar-refractivity contribution in [3.05, 3.63) is 0 Å². The Morgan fingerprint density at radius 2 is 1.56 bits per heavy atom. The maximum Gasteiger partial charge on any atom is 0.395 e. The molecule has 0 unspecified atom stereocenters. The van der Waals surface area contributed by atoms with Crippen LogP contribution >= 0.6 is 11.6 Å². The third-order valence-electron chi connectivity index (χ3n) is 1.95. The molecule has 1 aliphatic carbocycles. The number of halogens is 7. The quantitative estimate of drug-likeness (QED) is 0.616. The molecule has 0 radical (unpaired) electrons. The SMILES string of the molecule is O=C(NC1CC1)C(F)(F)C(F)(F)C(F)(F)Cl. The molecule has 0 aromatic carbocycles. The number of alkyl halides is 7. The van der Waals surface area contributed by atoms with E-state index in [1.54, 1.807) is 0 Å². The highest BCUT2D eigenvalue weighted by molar-refractivity contribution is 6.22. The van der Waals surface area contributed by atoms with Gasteiger partial charge in [0, 0.05) is 6.04 Å². The zero-order valence-corrected chi connectivity index (χ0v) is 8.30. The molecule has 2 nitrogen and oxygen atoms in total. The van der Waals surface area contributed by atoms with Crippen molar-refractivity contribution in [2.75, 3.05) is 0 Å². The highest BCUT2D eigenvalue weighted by Gasteiger charge is 2.74. The smallest absolute Gasteiger partial charge is 0.348 e. The predicted octanol–water partition coefficient (Wildman–Crippen LogP) is 2.37. The highest BCUT2D eigenvalue weighted by Crippen LogP contribution is 2.48. The van der Waals surface area contributed by atoms with Gasteiger partial charge in [-0.15, -0.1) is 0 Å². The Morgan fingerprint density at radius 1 is 1.12 bits per heavy atom. The largest absolute Gasteiger partial charge is 0.395 e. The van der Waals surface area contributed by atoms with E-state index >= 15 is 0 Å². The first-order chi connectivity index (χ1) is 7.00. The fraction of sp³-hybridized carbons (Fsp3) is 0.857. The van der Waals surface area contributed by atoms with Gasteiger partial charge < -0.3 is 5.32 Å². The van der Waals surface area contributed by atoms with Crippen molar-refractivity contribution in [3.8, 4) is 0 Å². The van der Waals surface area contributed by atoms with Crippen LogP contribution in [-0.2, 0) is 4.79 Å². The van der Waals surface area contributed by atoms with Gasteiger partial charge in [-0.25, -0.2) is 0 Å². The minimum Gasteiger partial charge on any atom is -0.348 e. The number of carbonyl (C=O) groups is 1. The second-order valence-corrected chi connectivity index (χ2v) is 3.87. The molecule has 0 aliphatic heterocycles. The van der Waals surface area contributed by atoms with E-state index in [0.717, 1.165) is 0 Å². The molecule has 0 saturated heterocycles. The summed E-state index contributed by atoms with van der Waals surface area (Å²) in [6.07, 6.45) is 0.704. The summed E-state index contributed by atoms with van der Waals surface area (Å²) < 4.78 is 74.7. The molecule has 0 spiro atoms. The fourth-order valence-electron chi connectivity index (χ4n) is 0.824. The van der Waals surface area contributed by atoms with Gasteiger partial charge in [0.05, 0.1) is 0 Å². The summed E-state index contributed by atoms with van der Waals surface area (Å²) in [6.45, 7) is 0. The van der Waals surface area contributed by atoms with Crippen LogP contribution in [0.25, 0.3) is 0 Å². The van der Waals surface area contributed by atoms with Gasteiger partial charge in [0.2, 0.25) is 0 Å². The summed E-state index contributed by atoms with van der Waals surface area (Å²) in [5.41, 5.74) is 0. The van der Waals surface area contributed by atoms with Crippen LogP contribution in [0.15, 0.2) is 0 Å². The molecule has 1 saturated carbocycles. The lowest BCUT2D eigenvalue weighted by molar-refractivity contribution is -0.269. The van der Waals surface area contributed by atoms with Gasteiger partial charge in [-0.1, -0.05) is 0 Å². The van der Waals surface area contributed by atoms with Crippen LogP contribution < -0.4 is 5.32 Å². The second-order valence-electron chi connectivity index (χ2n) is 3.39. The highest BCUT2D eigenvalue weighted by atomic mass is 35.5. The van der Waals surface area contributed by atoms with Crippen LogP contribution in [0.4, 0.5) is 26.3 Å². The van der Waals surface area contributed by atoms with Crippen molar-refractivity contribution in [1.29, 1.82) is 0 Å². The fourth-order valence-corrected chi connectivity index (χ4v) is 0.943. The van der Waals surface area contributed by atoms with Gasteiger partial charge in [0.1, 0.15) is 0 Å². The van der Waals surface area contributed by atoms with Crippen molar-refractivity contribution >= 4 is 17.5 Å². The lowest BCUT2D eigenvalue weighted by atomic mass is 10.1. The van der Waals surface area contributed by atoms with Crippen LogP contribution in [0.1, 0.15) is 12.8 Å². The minimum atomic E-state index is -5.94. The standard InChI is InChI=1S/C7H6ClF6NO/c8-7(13,14)6(11,12)5(9,10)4(16)15-3-1-2-3/h3H,1-2H2,(H,15,16). The Balaban J connectivity index is 2.85. The summed E-state index contributed by atoms with van der Waals surface area (Å²) in [6, 6.07) is -0.655. The molecule has 1 amide bonds. The normalized spacial score (nSPS) is 18.4. The van der Waals surface area contributed by atoms with Gasteiger partial charge in [0.15, 0.2) is 0 Å². The number of hydrogen-bond donors (Lipinski definition) is 1. The third kappa shape index (κ3) is 2.21. The molecule has 0 atom stereocenters. The van der Waals surface area contributed by atoms with E-state index in [9.17, 15) is 31.1 Å². The Kier molecular flexibility index (Phi) is 3.08. The lowest BCUT2D eigenvalue weighted by Gasteiger charge is -2.28. The summed E-state index contributed by atoms with van der Waals surface area (Å²) in [7, 11) is 0. The van der Waals surface area contributed by atoms with E-state index in [1.165, 1.54) is 5.32 Å². The molecule has 0 aromatic heterocycles. The predicted molar refractivity (Wildman–Crippen MR) is 41.9 cm³/mol. The van der Waals surface area contributed by atoms with E-state index in [1.807, 2.05) is 0 Å². The Labute approximate surface area is 90.9 Å². The average Bonchev–Trinajstić information content (AvgIpc) is 2.85. The second kappa shape index (κ2) is 3.68. The molecule has 94 valence electrons. The molecule has 1 N–H and O–H groups in total. The molecular formula is C7H6ClF6NO. The van der Waals surface area contributed by atoms with E-state index in [2.05, 4.69) is 11.6 Å². The van der Waals surface area contributed by atoms with Crippen LogP contribution in [0.2, 0.25) is 0 Å². The van der Waals surface area contributed by atoms with E-state index in [-0.39, 0.29) is 0 Å². The van der Waals surface area contributed by atoms with Gasteiger partial charge in [-0.3, -0.25) is 4.79 Å². The molecule has 16 heavy (non-hydrogen) atoms. The molecule has 1 rings (SSSR count). The molecule has 1 aliphatic rings. The van der Waals surface area contributed by atoms with Crippen molar-refractivity contribution in [3.63, 3.8) is 0 Å². The summed E-state index contributed by atoms with van der Waals surface area (Å²) >= 11 is 3.86. The van der Waals surface area contributed by atoms with Gasteiger partial charge in [0.25, 0.3) is 5.91 Å². The number of hydrogen-bond acceptors (Lipinski definition) is 1. The molecule has 9 heteroatoms. The van der Waals surface area contributed by atoms with Crippen molar-refractivity contribution < 1.29 is 31.1 Å². The molecular weight excluding hydrogens is 264 g/mol. The number of rotatable bonds is 4. The molecule has 0 aromatic rings. The summed E-state index contributed by atoms with van der Waals surface area (Å²) in [5.74, 6) is -13.9. The zero-order valence-electron chi connectivity index (χ0n) is 7.55. The van der Waals surface area contributed by atoms with Crippen LogP contribution in [-0.4, -0.2) is 29.2 Å². The molecule has 0 bridgehead atoms. The zero-order chi connectivity index (χ0) is 12.8. The number of carbonyl (C=O) groups excluding carboxylic acids is 1. The summed E-state index contributed by atoms with van der Waals surface area (Å²) in [5, 5.41) is -3.99. The molecule has 1 fully saturated rings.